The van der Waals surface area contributed by atoms with Gasteiger partial charge >= 0.3 is 21.8 Å². The number of primary amides is 1. The summed E-state index contributed by atoms with van der Waals surface area (Å²) in [6.45, 7) is 1.35. The van der Waals surface area contributed by atoms with Crippen molar-refractivity contribution in [3.8, 4) is 16.5 Å². The maximum Gasteiger partial charge on any atom is 0.534 e. The molecule has 0 aliphatic rings. The van der Waals surface area contributed by atoms with Gasteiger partial charge in [0.1, 0.15) is 33.8 Å². The molecule has 2 aromatic heterocycles. The number of benzene rings is 2. The molecule has 0 bridgehead atoms. The van der Waals surface area contributed by atoms with Gasteiger partial charge < -0.3 is 14.7 Å². The Morgan fingerprint density at radius 3 is 2.39 bits per heavy atom. The molecule has 0 spiro atoms. The number of fused-ring (bicyclic) bond motifs is 1. The lowest BCUT2D eigenvalue weighted by Crippen LogP contribution is -2.28. The standard InChI is InChI=1S/C22H15F6N3O5S2/c1-11(13-4-2-3-5-14(13)21(23,24)25)35-17-9-18(37-19(17)20(29)32)31-10-30-15-7-6-12(8-16(15)31)36-38(33,34)22(26,27)28/h2-11H,1H3,(H2,29,32)/t11-/m1/s1. The number of alkyl halides is 6. The normalized spacial score (nSPS) is 13.4. The summed E-state index contributed by atoms with van der Waals surface area (Å²) in [7, 11) is -5.94. The lowest BCUT2D eigenvalue weighted by molar-refractivity contribution is -0.139. The molecular weight excluding hydrogens is 564 g/mol. The lowest BCUT2D eigenvalue weighted by Gasteiger charge is -2.19. The highest BCUT2D eigenvalue weighted by Crippen LogP contribution is 2.39. The molecule has 0 fully saturated rings. The van der Waals surface area contributed by atoms with E-state index in [1.54, 1.807) is 0 Å². The molecule has 2 heterocycles. The van der Waals surface area contributed by atoms with Crippen molar-refractivity contribution in [3.63, 3.8) is 0 Å². The van der Waals surface area contributed by atoms with Crippen LogP contribution in [0.2, 0.25) is 0 Å². The van der Waals surface area contributed by atoms with Gasteiger partial charge in [-0.3, -0.25) is 9.36 Å². The number of hydrogen-bond acceptors (Lipinski definition) is 7. The van der Waals surface area contributed by atoms with E-state index in [1.165, 1.54) is 48.1 Å². The zero-order valence-electron chi connectivity index (χ0n) is 18.9. The largest absolute Gasteiger partial charge is 0.534 e. The van der Waals surface area contributed by atoms with Gasteiger partial charge in [-0.15, -0.1) is 11.3 Å². The van der Waals surface area contributed by atoms with E-state index in [9.17, 15) is 39.6 Å². The predicted molar refractivity (Wildman–Crippen MR) is 124 cm³/mol. The molecule has 8 nitrogen and oxygen atoms in total. The van der Waals surface area contributed by atoms with E-state index in [1.807, 2.05) is 0 Å². The molecule has 0 radical (unpaired) electrons. The summed E-state index contributed by atoms with van der Waals surface area (Å²) >= 11 is 0.772. The molecule has 16 heteroatoms. The molecule has 4 aromatic rings. The molecule has 0 saturated carbocycles. The van der Waals surface area contributed by atoms with E-state index in [-0.39, 0.29) is 32.2 Å². The Bertz CT molecular complexity index is 1630. The van der Waals surface area contributed by atoms with Crippen molar-refractivity contribution < 1.29 is 48.5 Å². The first-order valence-electron chi connectivity index (χ1n) is 10.3. The third-order valence-corrected chi connectivity index (χ3v) is 7.27. The minimum Gasteiger partial charge on any atom is -0.484 e. The summed E-state index contributed by atoms with van der Waals surface area (Å²) in [6, 6.07) is 9.19. The molecule has 4 rings (SSSR count). The lowest BCUT2D eigenvalue weighted by atomic mass is 10.0. The Balaban J connectivity index is 1.72. The Morgan fingerprint density at radius 2 is 1.76 bits per heavy atom. The van der Waals surface area contributed by atoms with E-state index in [2.05, 4.69) is 9.17 Å². The average molecular weight is 580 g/mol. The van der Waals surface area contributed by atoms with Crippen molar-refractivity contribution in [3.05, 3.63) is 70.9 Å². The van der Waals surface area contributed by atoms with Gasteiger partial charge in [0.25, 0.3) is 5.91 Å². The smallest absolute Gasteiger partial charge is 0.484 e. The van der Waals surface area contributed by atoms with E-state index < -0.39 is 45.1 Å². The van der Waals surface area contributed by atoms with Crippen LogP contribution in [0.25, 0.3) is 16.0 Å². The maximum absolute atomic E-state index is 13.4. The van der Waals surface area contributed by atoms with Gasteiger partial charge in [0.15, 0.2) is 0 Å². The van der Waals surface area contributed by atoms with E-state index in [0.29, 0.717) is 0 Å². The second-order valence-electron chi connectivity index (χ2n) is 7.74. The van der Waals surface area contributed by atoms with E-state index in [0.717, 1.165) is 29.5 Å². The van der Waals surface area contributed by atoms with Crippen LogP contribution in [0.4, 0.5) is 26.3 Å². The number of rotatable bonds is 7. The van der Waals surface area contributed by atoms with E-state index in [4.69, 9.17) is 10.5 Å². The van der Waals surface area contributed by atoms with Crippen molar-refractivity contribution in [1.82, 2.24) is 9.55 Å². The summed E-state index contributed by atoms with van der Waals surface area (Å²) in [5.74, 6) is -1.75. The van der Waals surface area contributed by atoms with Crippen molar-refractivity contribution in [2.45, 2.75) is 24.7 Å². The van der Waals surface area contributed by atoms with Crippen LogP contribution < -0.4 is 14.7 Å². The average Bonchev–Trinajstić information content (AvgIpc) is 3.41. The number of imidazole rings is 1. The molecule has 0 saturated heterocycles. The van der Waals surface area contributed by atoms with Gasteiger partial charge in [-0.2, -0.15) is 34.8 Å². The third kappa shape index (κ3) is 5.26. The predicted octanol–water partition coefficient (Wildman–Crippen LogP) is 5.57. The highest BCUT2D eigenvalue weighted by atomic mass is 32.2. The van der Waals surface area contributed by atoms with Crippen LogP contribution in [0.3, 0.4) is 0 Å². The zero-order valence-corrected chi connectivity index (χ0v) is 20.5. The Kier molecular flexibility index (Phi) is 6.82. The van der Waals surface area contributed by atoms with Gasteiger partial charge in [0, 0.05) is 17.7 Å². The fourth-order valence-corrected chi connectivity index (χ4v) is 4.87. The van der Waals surface area contributed by atoms with Crippen LogP contribution in [-0.4, -0.2) is 29.4 Å². The van der Waals surface area contributed by atoms with Crippen LogP contribution in [0.5, 0.6) is 11.5 Å². The summed E-state index contributed by atoms with van der Waals surface area (Å²) in [6.07, 6.45) is -4.59. The van der Waals surface area contributed by atoms with Crippen molar-refractivity contribution in [2.24, 2.45) is 5.73 Å². The van der Waals surface area contributed by atoms with Crippen LogP contribution in [-0.2, 0) is 16.3 Å². The number of nitrogens with two attached hydrogens (primary N) is 1. The van der Waals surface area contributed by atoms with Crippen LogP contribution in [0.1, 0.15) is 33.8 Å². The third-order valence-electron chi connectivity index (χ3n) is 5.16. The molecule has 2 N–H and O–H groups in total. The van der Waals surface area contributed by atoms with Gasteiger partial charge in [-0.05, 0) is 25.1 Å². The molecule has 0 aliphatic heterocycles. The van der Waals surface area contributed by atoms with E-state index >= 15 is 0 Å². The number of carbonyl (C=O) groups is 1. The SMILES string of the molecule is C[C@@H](Oc1cc(-n2cnc3ccc(OS(=O)(=O)C(F)(F)F)cc32)sc1C(N)=O)c1ccccc1C(F)(F)F. The second kappa shape index (κ2) is 9.50. The molecule has 202 valence electrons. The number of hydrogen-bond donors (Lipinski definition) is 1. The Morgan fingerprint density at radius 1 is 1.08 bits per heavy atom. The maximum atomic E-state index is 13.4. The molecule has 1 amide bonds. The Labute approximate surface area is 214 Å². The van der Waals surface area contributed by atoms with Crippen LogP contribution in [0, 0.1) is 0 Å². The molecule has 1 atom stereocenters. The number of carbonyl (C=O) groups excluding carboxylic acids is 1. The monoisotopic (exact) mass is 579 g/mol. The zero-order chi connectivity index (χ0) is 28.0. The summed E-state index contributed by atoms with van der Waals surface area (Å²) < 4.78 is 112. The molecule has 38 heavy (non-hydrogen) atoms. The highest BCUT2D eigenvalue weighted by Gasteiger charge is 2.48. The van der Waals surface area contributed by atoms with Gasteiger partial charge in [-0.25, -0.2) is 4.98 Å². The van der Waals surface area contributed by atoms with Crippen molar-refractivity contribution in [1.29, 1.82) is 0 Å². The fraction of sp³-hybridized carbons (Fsp3) is 0.182. The first kappa shape index (κ1) is 27.3. The van der Waals surface area contributed by atoms with Crippen LogP contribution in [0.15, 0.2) is 54.9 Å². The summed E-state index contributed by atoms with van der Waals surface area (Å²) in [5.41, 5.74) is -1.01. The molecule has 0 aliphatic carbocycles. The van der Waals surface area contributed by atoms with Crippen LogP contribution >= 0.6 is 11.3 Å². The molecular formula is C22H15F6N3O5S2. The van der Waals surface area contributed by atoms with Crippen molar-refractivity contribution >= 4 is 38.4 Å². The number of thiophene rings is 1. The minimum absolute atomic E-state index is 0.0964. The number of amides is 1. The Hall–Kier alpha value is -3.79. The summed E-state index contributed by atoms with van der Waals surface area (Å²) in [5, 5.41) is 0.198. The number of nitrogens with zero attached hydrogens (tertiary/aromatic N) is 2. The molecule has 0 unspecified atom stereocenters. The quantitative estimate of drug-likeness (QED) is 0.174. The second-order valence-corrected chi connectivity index (χ2v) is 10.3. The highest BCUT2D eigenvalue weighted by molar-refractivity contribution is 7.88. The van der Waals surface area contributed by atoms with Gasteiger partial charge in [-0.1, -0.05) is 18.2 Å². The topological polar surface area (TPSA) is 114 Å². The van der Waals surface area contributed by atoms with Gasteiger partial charge in [0.05, 0.1) is 16.6 Å². The number of halogens is 6. The first-order valence-corrected chi connectivity index (χ1v) is 12.6. The summed E-state index contributed by atoms with van der Waals surface area (Å²) in [4.78, 5) is 16.0. The minimum atomic E-state index is -5.94. The van der Waals surface area contributed by atoms with Gasteiger partial charge in [0.2, 0.25) is 0 Å². The van der Waals surface area contributed by atoms with Crippen molar-refractivity contribution in [2.75, 3.05) is 0 Å². The number of ether oxygens (including phenoxy) is 1. The fourth-order valence-electron chi connectivity index (χ4n) is 3.49. The first-order chi connectivity index (χ1) is 17.6. The number of aromatic nitrogens is 2. The molecule has 2 aromatic carbocycles.